The van der Waals surface area contributed by atoms with E-state index >= 15 is 0 Å². The minimum atomic E-state index is -0.562. The maximum absolute atomic E-state index is 13.8. The summed E-state index contributed by atoms with van der Waals surface area (Å²) < 4.78 is 5.36. The molecular weight excluding hydrogens is 430 g/mol. The first-order chi connectivity index (χ1) is 16.3. The maximum atomic E-state index is 13.8. The van der Waals surface area contributed by atoms with E-state index in [0.29, 0.717) is 35.7 Å². The van der Waals surface area contributed by atoms with Gasteiger partial charge in [0.05, 0.1) is 12.2 Å². The van der Waals surface area contributed by atoms with Crippen molar-refractivity contribution in [3.05, 3.63) is 89.3 Å². The molecule has 1 aromatic heterocycles. The van der Waals surface area contributed by atoms with Crippen LogP contribution in [0.4, 0.5) is 0 Å². The molecule has 1 aliphatic rings. The van der Waals surface area contributed by atoms with Crippen LogP contribution in [0.5, 0.6) is 0 Å². The van der Waals surface area contributed by atoms with Gasteiger partial charge in [-0.3, -0.25) is 19.3 Å². The quantitative estimate of drug-likeness (QED) is 0.503. The number of aryl methyl sites for hydroxylation is 1. The average Bonchev–Trinajstić information content (AvgIpc) is 3.29. The number of nitrogens with zero attached hydrogens (tertiary/aromatic N) is 3. The van der Waals surface area contributed by atoms with Crippen LogP contribution in [0.25, 0.3) is 0 Å². The van der Waals surface area contributed by atoms with Gasteiger partial charge >= 0.3 is 0 Å². The van der Waals surface area contributed by atoms with Crippen LogP contribution in [0.2, 0.25) is 0 Å². The van der Waals surface area contributed by atoms with Gasteiger partial charge in [0.1, 0.15) is 5.76 Å². The van der Waals surface area contributed by atoms with Crippen molar-refractivity contribution in [2.45, 2.75) is 12.8 Å². The number of rotatable bonds is 7. The summed E-state index contributed by atoms with van der Waals surface area (Å²) >= 11 is 0. The summed E-state index contributed by atoms with van der Waals surface area (Å²) in [5, 5.41) is 4.23. The number of likely N-dealkylation sites (tertiary alicyclic amines) is 1. The molecule has 7 heteroatoms. The van der Waals surface area contributed by atoms with Gasteiger partial charge in [0, 0.05) is 62.1 Å². The highest BCUT2D eigenvalue weighted by Gasteiger charge is 2.46. The lowest BCUT2D eigenvalue weighted by atomic mass is 9.70. The molecule has 0 saturated carbocycles. The third-order valence-electron chi connectivity index (χ3n) is 6.41. The normalized spacial score (nSPS) is 19.0. The van der Waals surface area contributed by atoms with Gasteiger partial charge in [-0.25, -0.2) is 0 Å². The first-order valence-corrected chi connectivity index (χ1v) is 11.4. The second-order valence-electron chi connectivity index (χ2n) is 9.04. The molecule has 2 aromatic carbocycles. The standard InChI is InChI=1S/C27H29N3O4/c1-18-14-23(28-34-18)25-21(26(32)19-10-6-4-7-11-19)15-30(17-24(31)29(2)3)16-22(25)27(33)20-12-8-5-9-13-20/h4-14,21-22,25H,15-17H2,1-3H3/t21-,22-/m0/s1. The lowest BCUT2D eigenvalue weighted by Gasteiger charge is -2.42. The SMILES string of the molecule is Cc1cc(C2[C@@H](C(=O)c3ccccc3)CN(CC(=O)N(C)C)C[C@@H]2C(=O)c2ccccc2)no1. The van der Waals surface area contributed by atoms with Gasteiger partial charge in [-0.1, -0.05) is 65.8 Å². The third-order valence-corrected chi connectivity index (χ3v) is 6.41. The molecule has 3 aromatic rings. The van der Waals surface area contributed by atoms with Crippen LogP contribution in [0, 0.1) is 18.8 Å². The molecule has 176 valence electrons. The van der Waals surface area contributed by atoms with Gasteiger partial charge in [-0.2, -0.15) is 0 Å². The van der Waals surface area contributed by atoms with Crippen LogP contribution in [0.3, 0.4) is 0 Å². The molecule has 0 spiro atoms. The monoisotopic (exact) mass is 459 g/mol. The summed E-state index contributed by atoms with van der Waals surface area (Å²) in [6.07, 6.45) is 0. The Hall–Kier alpha value is -3.58. The second-order valence-corrected chi connectivity index (χ2v) is 9.04. The van der Waals surface area contributed by atoms with Gasteiger partial charge in [0.2, 0.25) is 5.91 Å². The number of carbonyl (C=O) groups is 3. The van der Waals surface area contributed by atoms with Crippen LogP contribution >= 0.6 is 0 Å². The highest BCUT2D eigenvalue weighted by Crippen LogP contribution is 2.40. The molecule has 1 aliphatic heterocycles. The lowest BCUT2D eigenvalue weighted by Crippen LogP contribution is -2.52. The van der Waals surface area contributed by atoms with Gasteiger partial charge < -0.3 is 9.42 Å². The van der Waals surface area contributed by atoms with Gasteiger partial charge in [-0.05, 0) is 6.92 Å². The first kappa shape index (κ1) is 23.6. The number of ketones is 2. The van der Waals surface area contributed by atoms with E-state index in [4.69, 9.17) is 4.52 Å². The van der Waals surface area contributed by atoms with Gasteiger partial charge in [-0.15, -0.1) is 0 Å². The van der Waals surface area contributed by atoms with Crippen LogP contribution in [0.15, 0.2) is 71.3 Å². The number of likely N-dealkylation sites (N-methyl/N-ethyl adjacent to an activating group) is 1. The summed E-state index contributed by atoms with van der Waals surface area (Å²) in [5.74, 6) is -1.19. The molecule has 1 amide bonds. The number of Topliss-reactive ketones (excluding diaryl/α,β-unsaturated/α-hetero) is 2. The molecule has 34 heavy (non-hydrogen) atoms. The zero-order valence-corrected chi connectivity index (χ0v) is 19.7. The van der Waals surface area contributed by atoms with Crippen molar-refractivity contribution in [1.29, 1.82) is 0 Å². The number of hydrogen-bond donors (Lipinski definition) is 0. The molecule has 0 bridgehead atoms. The fraction of sp³-hybridized carbons (Fsp3) is 0.333. The average molecular weight is 460 g/mol. The number of amides is 1. The van der Waals surface area contributed by atoms with Gasteiger partial charge in [0.15, 0.2) is 11.6 Å². The molecule has 0 N–H and O–H groups in total. The second kappa shape index (κ2) is 10.1. The number of benzene rings is 2. The molecule has 7 nitrogen and oxygen atoms in total. The van der Waals surface area contributed by atoms with Crippen molar-refractivity contribution in [2.24, 2.45) is 11.8 Å². The van der Waals surface area contributed by atoms with Crippen molar-refractivity contribution in [3.63, 3.8) is 0 Å². The molecule has 0 aliphatic carbocycles. The Bertz CT molecular complexity index is 1100. The fourth-order valence-electron chi connectivity index (χ4n) is 4.68. The zero-order chi connectivity index (χ0) is 24.2. The number of hydrogen-bond acceptors (Lipinski definition) is 6. The van der Waals surface area contributed by atoms with Crippen molar-refractivity contribution in [3.8, 4) is 0 Å². The summed E-state index contributed by atoms with van der Waals surface area (Å²) in [5.41, 5.74) is 1.74. The zero-order valence-electron chi connectivity index (χ0n) is 19.7. The van der Waals surface area contributed by atoms with E-state index in [0.717, 1.165) is 0 Å². The molecule has 2 atom stereocenters. The fourth-order valence-corrected chi connectivity index (χ4v) is 4.68. The third kappa shape index (κ3) is 4.99. The Morgan fingerprint density at radius 3 is 1.82 bits per heavy atom. The first-order valence-electron chi connectivity index (χ1n) is 11.4. The van der Waals surface area contributed by atoms with Gasteiger partial charge in [0.25, 0.3) is 0 Å². The Morgan fingerprint density at radius 1 is 0.912 bits per heavy atom. The van der Waals surface area contributed by atoms with E-state index < -0.39 is 17.8 Å². The summed E-state index contributed by atoms with van der Waals surface area (Å²) in [6, 6.07) is 20.0. The summed E-state index contributed by atoms with van der Waals surface area (Å²) in [7, 11) is 3.40. The largest absolute Gasteiger partial charge is 0.361 e. The van der Waals surface area contributed by atoms with Crippen molar-refractivity contribution < 1.29 is 18.9 Å². The minimum absolute atomic E-state index is 0.0703. The van der Waals surface area contributed by atoms with Crippen molar-refractivity contribution >= 4 is 17.5 Å². The van der Waals surface area contributed by atoms with Crippen molar-refractivity contribution in [1.82, 2.24) is 15.0 Å². The number of piperidine rings is 1. The minimum Gasteiger partial charge on any atom is -0.361 e. The Morgan fingerprint density at radius 2 is 1.41 bits per heavy atom. The van der Waals surface area contributed by atoms with Crippen molar-refractivity contribution in [2.75, 3.05) is 33.7 Å². The van der Waals surface area contributed by atoms with E-state index in [1.54, 1.807) is 45.3 Å². The topological polar surface area (TPSA) is 83.7 Å². The summed E-state index contributed by atoms with van der Waals surface area (Å²) in [4.78, 5) is 43.5. The molecule has 1 fully saturated rings. The van der Waals surface area contributed by atoms with E-state index in [2.05, 4.69) is 5.16 Å². The van der Waals surface area contributed by atoms with Crippen LogP contribution in [0.1, 0.15) is 38.1 Å². The Balaban J connectivity index is 1.78. The van der Waals surface area contributed by atoms with Crippen LogP contribution in [-0.2, 0) is 4.79 Å². The summed E-state index contributed by atoms with van der Waals surface area (Å²) in [6.45, 7) is 2.63. The molecule has 1 saturated heterocycles. The number of aromatic nitrogens is 1. The molecule has 0 unspecified atom stereocenters. The molecular formula is C27H29N3O4. The molecule has 0 radical (unpaired) electrons. The molecule has 4 rings (SSSR count). The predicted octanol–water partition coefficient (Wildman–Crippen LogP) is 3.47. The molecule has 2 heterocycles. The lowest BCUT2D eigenvalue weighted by molar-refractivity contribution is -0.130. The van der Waals surface area contributed by atoms with E-state index in [-0.39, 0.29) is 24.0 Å². The Labute approximate surface area is 199 Å². The maximum Gasteiger partial charge on any atom is 0.236 e. The smallest absolute Gasteiger partial charge is 0.236 e. The number of carbonyl (C=O) groups excluding carboxylic acids is 3. The van der Waals surface area contributed by atoms with Crippen LogP contribution in [-0.4, -0.2) is 66.2 Å². The highest BCUT2D eigenvalue weighted by molar-refractivity contribution is 6.02. The predicted molar refractivity (Wildman–Crippen MR) is 128 cm³/mol. The Kier molecular flexibility index (Phi) is 7.03. The highest BCUT2D eigenvalue weighted by atomic mass is 16.5. The van der Waals surface area contributed by atoms with E-state index in [1.165, 1.54) is 4.90 Å². The van der Waals surface area contributed by atoms with Crippen LogP contribution < -0.4 is 0 Å². The van der Waals surface area contributed by atoms with E-state index in [9.17, 15) is 14.4 Å². The van der Waals surface area contributed by atoms with E-state index in [1.807, 2.05) is 47.4 Å².